The Balaban J connectivity index is 1.56. The number of aromatic nitrogens is 2. The predicted octanol–water partition coefficient (Wildman–Crippen LogP) is 4.93. The summed E-state index contributed by atoms with van der Waals surface area (Å²) in [5, 5.41) is 3.03. The molecule has 0 bridgehead atoms. The van der Waals surface area contributed by atoms with Crippen molar-refractivity contribution in [3.05, 3.63) is 101 Å². The number of hydrogen-bond acceptors (Lipinski definition) is 2. The van der Waals surface area contributed by atoms with E-state index < -0.39 is 0 Å². The molecule has 3 aromatic carbocycles. The number of carbonyl (C=O) groups excluding carboxylic acids is 1. The number of fused-ring (bicyclic) bond motifs is 1. The lowest BCUT2D eigenvalue weighted by atomic mass is 10.1. The molecule has 1 amide bonds. The molecule has 0 aliphatic rings. The molecule has 0 aliphatic carbocycles. The SMILES string of the molecule is Cc1cccc(C(=O)NCCc2nc3ccccc3n2C(C)c2ccccc2)c1. The second-order valence-corrected chi connectivity index (χ2v) is 7.35. The van der Waals surface area contributed by atoms with E-state index in [2.05, 4.69) is 47.1 Å². The molecular formula is C25H25N3O. The summed E-state index contributed by atoms with van der Waals surface area (Å²) >= 11 is 0. The van der Waals surface area contributed by atoms with E-state index in [-0.39, 0.29) is 11.9 Å². The van der Waals surface area contributed by atoms with Crippen LogP contribution < -0.4 is 5.32 Å². The van der Waals surface area contributed by atoms with Gasteiger partial charge in [-0.05, 0) is 43.7 Å². The predicted molar refractivity (Wildman–Crippen MR) is 117 cm³/mol. The van der Waals surface area contributed by atoms with Crippen LogP contribution in [0.2, 0.25) is 0 Å². The number of benzene rings is 3. The zero-order valence-corrected chi connectivity index (χ0v) is 16.8. The average molecular weight is 383 g/mol. The molecule has 1 heterocycles. The van der Waals surface area contributed by atoms with E-state index in [1.807, 2.05) is 55.5 Å². The van der Waals surface area contributed by atoms with Crippen molar-refractivity contribution in [2.24, 2.45) is 0 Å². The molecule has 0 radical (unpaired) electrons. The first-order valence-corrected chi connectivity index (χ1v) is 9.99. The molecule has 0 aliphatic heterocycles. The van der Waals surface area contributed by atoms with Gasteiger partial charge in [-0.1, -0.05) is 60.2 Å². The number of amides is 1. The van der Waals surface area contributed by atoms with Crippen molar-refractivity contribution in [1.82, 2.24) is 14.9 Å². The molecule has 1 atom stereocenters. The van der Waals surface area contributed by atoms with Crippen LogP contribution in [0.5, 0.6) is 0 Å². The first-order valence-electron chi connectivity index (χ1n) is 9.99. The van der Waals surface area contributed by atoms with Gasteiger partial charge in [0.1, 0.15) is 5.82 Å². The van der Waals surface area contributed by atoms with Gasteiger partial charge in [0, 0.05) is 18.5 Å². The highest BCUT2D eigenvalue weighted by molar-refractivity contribution is 5.94. The highest BCUT2D eigenvalue weighted by Gasteiger charge is 2.17. The number of hydrogen-bond donors (Lipinski definition) is 1. The summed E-state index contributed by atoms with van der Waals surface area (Å²) in [6.07, 6.45) is 0.670. The fourth-order valence-corrected chi connectivity index (χ4v) is 3.76. The zero-order valence-electron chi connectivity index (χ0n) is 16.8. The van der Waals surface area contributed by atoms with Crippen molar-refractivity contribution in [2.45, 2.75) is 26.3 Å². The number of carbonyl (C=O) groups is 1. The molecule has 0 fully saturated rings. The van der Waals surface area contributed by atoms with Crippen LogP contribution in [-0.2, 0) is 6.42 Å². The number of para-hydroxylation sites is 2. The lowest BCUT2D eigenvalue weighted by Gasteiger charge is -2.18. The van der Waals surface area contributed by atoms with Gasteiger partial charge in [0.05, 0.1) is 17.1 Å². The van der Waals surface area contributed by atoms with Gasteiger partial charge < -0.3 is 9.88 Å². The van der Waals surface area contributed by atoms with E-state index in [0.29, 0.717) is 18.5 Å². The molecule has 29 heavy (non-hydrogen) atoms. The molecule has 0 saturated heterocycles. The Hall–Kier alpha value is -3.40. The minimum absolute atomic E-state index is 0.0486. The zero-order chi connectivity index (χ0) is 20.2. The Labute approximate surface area is 171 Å². The molecule has 0 spiro atoms. The van der Waals surface area contributed by atoms with E-state index in [0.717, 1.165) is 22.4 Å². The van der Waals surface area contributed by atoms with Crippen LogP contribution in [0.4, 0.5) is 0 Å². The Bertz CT molecular complexity index is 1130. The van der Waals surface area contributed by atoms with E-state index >= 15 is 0 Å². The van der Waals surface area contributed by atoms with Crippen molar-refractivity contribution >= 4 is 16.9 Å². The number of rotatable bonds is 6. The highest BCUT2D eigenvalue weighted by Crippen LogP contribution is 2.26. The number of nitrogens with one attached hydrogen (secondary N) is 1. The van der Waals surface area contributed by atoms with Crippen LogP contribution in [0.25, 0.3) is 11.0 Å². The molecule has 1 N–H and O–H groups in total. The first kappa shape index (κ1) is 18.9. The van der Waals surface area contributed by atoms with Crippen LogP contribution in [0.3, 0.4) is 0 Å². The minimum atomic E-state index is -0.0486. The molecule has 4 rings (SSSR count). The Morgan fingerprint density at radius 3 is 2.55 bits per heavy atom. The van der Waals surface area contributed by atoms with Crippen LogP contribution in [0.1, 0.15) is 40.3 Å². The lowest BCUT2D eigenvalue weighted by molar-refractivity contribution is 0.0954. The van der Waals surface area contributed by atoms with Gasteiger partial charge in [-0.15, -0.1) is 0 Å². The molecule has 1 unspecified atom stereocenters. The second-order valence-electron chi connectivity index (χ2n) is 7.35. The van der Waals surface area contributed by atoms with Crippen LogP contribution >= 0.6 is 0 Å². The second kappa shape index (κ2) is 8.31. The highest BCUT2D eigenvalue weighted by atomic mass is 16.1. The summed E-state index contributed by atoms with van der Waals surface area (Å²) in [7, 11) is 0. The van der Waals surface area contributed by atoms with Gasteiger partial charge in [-0.3, -0.25) is 4.79 Å². The summed E-state index contributed by atoms with van der Waals surface area (Å²) < 4.78 is 2.28. The van der Waals surface area contributed by atoms with E-state index in [1.165, 1.54) is 5.56 Å². The standard InChI is InChI=1S/C25H25N3O/c1-18-9-8-12-21(17-18)25(29)26-16-15-24-27-22-13-6-7-14-23(22)28(24)19(2)20-10-4-3-5-11-20/h3-14,17,19H,15-16H2,1-2H3,(H,26,29). The number of imidazole rings is 1. The minimum Gasteiger partial charge on any atom is -0.352 e. The van der Waals surface area contributed by atoms with E-state index in [4.69, 9.17) is 4.98 Å². The van der Waals surface area contributed by atoms with Crippen LogP contribution in [0.15, 0.2) is 78.9 Å². The molecular weight excluding hydrogens is 358 g/mol. The van der Waals surface area contributed by atoms with Gasteiger partial charge in [0.15, 0.2) is 0 Å². The Morgan fingerprint density at radius 1 is 1.00 bits per heavy atom. The van der Waals surface area contributed by atoms with Gasteiger partial charge in [-0.25, -0.2) is 4.98 Å². The molecule has 4 heteroatoms. The maximum absolute atomic E-state index is 12.5. The largest absolute Gasteiger partial charge is 0.352 e. The summed E-state index contributed by atoms with van der Waals surface area (Å²) in [6, 6.07) is 26.4. The van der Waals surface area contributed by atoms with Gasteiger partial charge in [-0.2, -0.15) is 0 Å². The fraction of sp³-hybridized carbons (Fsp3) is 0.200. The third kappa shape index (κ3) is 4.06. The molecule has 4 nitrogen and oxygen atoms in total. The average Bonchev–Trinajstić information content (AvgIpc) is 3.12. The fourth-order valence-electron chi connectivity index (χ4n) is 3.76. The monoisotopic (exact) mass is 383 g/mol. The van der Waals surface area contributed by atoms with Crippen molar-refractivity contribution < 1.29 is 4.79 Å². The first-order chi connectivity index (χ1) is 14.1. The lowest BCUT2D eigenvalue weighted by Crippen LogP contribution is -2.26. The maximum Gasteiger partial charge on any atom is 0.251 e. The van der Waals surface area contributed by atoms with Crippen LogP contribution in [0, 0.1) is 6.92 Å². The molecule has 4 aromatic rings. The van der Waals surface area contributed by atoms with E-state index in [9.17, 15) is 4.79 Å². The molecule has 1 aromatic heterocycles. The smallest absolute Gasteiger partial charge is 0.251 e. The van der Waals surface area contributed by atoms with E-state index in [1.54, 1.807) is 0 Å². The third-order valence-corrected chi connectivity index (χ3v) is 5.25. The summed E-state index contributed by atoms with van der Waals surface area (Å²) in [5.41, 5.74) is 5.10. The summed E-state index contributed by atoms with van der Waals surface area (Å²) in [6.45, 7) is 4.72. The van der Waals surface area contributed by atoms with Crippen molar-refractivity contribution in [1.29, 1.82) is 0 Å². The van der Waals surface area contributed by atoms with Gasteiger partial charge >= 0.3 is 0 Å². The Kier molecular flexibility index (Phi) is 5.43. The maximum atomic E-state index is 12.5. The van der Waals surface area contributed by atoms with Gasteiger partial charge in [0.25, 0.3) is 5.91 Å². The summed E-state index contributed by atoms with van der Waals surface area (Å²) in [5.74, 6) is 0.930. The number of nitrogens with zero attached hydrogens (tertiary/aromatic N) is 2. The number of aryl methyl sites for hydroxylation is 1. The third-order valence-electron chi connectivity index (χ3n) is 5.25. The van der Waals surface area contributed by atoms with Gasteiger partial charge in [0.2, 0.25) is 0 Å². The van der Waals surface area contributed by atoms with Crippen molar-refractivity contribution in [3.63, 3.8) is 0 Å². The Morgan fingerprint density at radius 2 is 1.76 bits per heavy atom. The van der Waals surface area contributed by atoms with Crippen molar-refractivity contribution in [3.8, 4) is 0 Å². The van der Waals surface area contributed by atoms with Crippen molar-refractivity contribution in [2.75, 3.05) is 6.54 Å². The quantitative estimate of drug-likeness (QED) is 0.513. The molecule has 146 valence electrons. The normalized spacial score (nSPS) is 12.1. The van der Waals surface area contributed by atoms with Crippen LogP contribution in [-0.4, -0.2) is 22.0 Å². The topological polar surface area (TPSA) is 46.9 Å². The molecule has 0 saturated carbocycles. The summed E-state index contributed by atoms with van der Waals surface area (Å²) in [4.78, 5) is 17.3.